The Balaban J connectivity index is 1.67. The molecule has 1 N–H and O–H groups in total. The van der Waals surface area contributed by atoms with Gasteiger partial charge in [0.15, 0.2) is 0 Å². The highest BCUT2D eigenvalue weighted by Crippen LogP contribution is 2.41. The van der Waals surface area contributed by atoms with E-state index in [-0.39, 0.29) is 17.4 Å². The molecule has 36 heavy (non-hydrogen) atoms. The normalized spacial score (nSPS) is 20.4. The van der Waals surface area contributed by atoms with Gasteiger partial charge < -0.3 is 19.5 Å². The molecule has 0 aliphatic carbocycles. The van der Waals surface area contributed by atoms with Crippen LogP contribution < -0.4 is 4.74 Å². The van der Waals surface area contributed by atoms with Crippen molar-refractivity contribution in [3.63, 3.8) is 0 Å². The van der Waals surface area contributed by atoms with Gasteiger partial charge in [0.1, 0.15) is 11.5 Å². The Morgan fingerprint density at radius 3 is 2.39 bits per heavy atom. The number of rotatable bonds is 8. The summed E-state index contributed by atoms with van der Waals surface area (Å²) in [5.41, 5.74) is 1.06. The molecule has 1 unspecified atom stereocenters. The number of carbonyl (C=O) groups is 2. The molecule has 7 nitrogen and oxygen atoms in total. The minimum atomic E-state index is -0.781. The largest absolute Gasteiger partial charge is 0.507 e. The van der Waals surface area contributed by atoms with Crippen LogP contribution in [0.15, 0.2) is 48.0 Å². The van der Waals surface area contributed by atoms with Crippen molar-refractivity contribution < 1.29 is 24.2 Å². The Bertz CT molecular complexity index is 1140. The lowest BCUT2D eigenvalue weighted by molar-refractivity contribution is -0.140. The Labute approximate surface area is 221 Å². The number of aliphatic hydroxyl groups is 1. The Hall–Kier alpha value is -2.58. The molecular formula is C27H30Cl2N2O5. The molecule has 1 atom stereocenters. The second-order valence-electron chi connectivity index (χ2n) is 9.16. The summed E-state index contributed by atoms with van der Waals surface area (Å²) in [5, 5.41) is 11.9. The summed E-state index contributed by atoms with van der Waals surface area (Å²) in [6, 6.07) is 11.0. The molecule has 2 aliphatic heterocycles. The Morgan fingerprint density at radius 2 is 1.75 bits per heavy atom. The molecule has 192 valence electrons. The molecule has 2 aliphatic rings. The van der Waals surface area contributed by atoms with Gasteiger partial charge in [0.05, 0.1) is 41.0 Å². The first kappa shape index (κ1) is 26.5. The van der Waals surface area contributed by atoms with Crippen LogP contribution in [0.2, 0.25) is 10.0 Å². The highest BCUT2D eigenvalue weighted by Gasteiger charge is 2.46. The van der Waals surface area contributed by atoms with Crippen molar-refractivity contribution in [2.75, 3.05) is 39.4 Å². The number of likely N-dealkylation sites (tertiary alicyclic amines) is 1. The minimum Gasteiger partial charge on any atom is -0.507 e. The van der Waals surface area contributed by atoms with E-state index in [4.69, 9.17) is 32.7 Å². The first-order valence-electron chi connectivity index (χ1n) is 12.1. The number of Topliss-reactive ketones (excluding diaryl/α,β-unsaturated/α-hetero) is 1. The van der Waals surface area contributed by atoms with Gasteiger partial charge in [-0.2, -0.15) is 0 Å². The summed E-state index contributed by atoms with van der Waals surface area (Å²) in [4.78, 5) is 30.2. The number of nitrogens with zero attached hydrogens (tertiary/aromatic N) is 2. The number of ether oxygens (including phenoxy) is 2. The molecule has 9 heteroatoms. The number of hydrogen-bond donors (Lipinski definition) is 1. The zero-order valence-corrected chi connectivity index (χ0v) is 21.9. The van der Waals surface area contributed by atoms with E-state index in [1.807, 2.05) is 13.8 Å². The van der Waals surface area contributed by atoms with Crippen LogP contribution in [-0.4, -0.2) is 72.1 Å². The molecule has 2 fully saturated rings. The second kappa shape index (κ2) is 11.6. The molecule has 4 rings (SSSR count). The van der Waals surface area contributed by atoms with E-state index in [2.05, 4.69) is 4.90 Å². The van der Waals surface area contributed by atoms with E-state index in [9.17, 15) is 14.7 Å². The van der Waals surface area contributed by atoms with Gasteiger partial charge in [-0.25, -0.2) is 0 Å². The van der Waals surface area contributed by atoms with Crippen molar-refractivity contribution >= 4 is 40.7 Å². The third-order valence-corrected chi connectivity index (χ3v) is 7.01. The van der Waals surface area contributed by atoms with Gasteiger partial charge in [0.25, 0.3) is 11.7 Å². The third kappa shape index (κ3) is 5.86. The summed E-state index contributed by atoms with van der Waals surface area (Å²) < 4.78 is 11.1. The summed E-state index contributed by atoms with van der Waals surface area (Å²) in [7, 11) is 0. The smallest absolute Gasteiger partial charge is 0.295 e. The number of carbonyl (C=O) groups excluding carboxylic acids is 2. The maximum Gasteiger partial charge on any atom is 0.295 e. The molecule has 0 saturated carbocycles. The molecule has 2 heterocycles. The van der Waals surface area contributed by atoms with E-state index in [0.29, 0.717) is 53.1 Å². The standard InChI is InChI=1S/C27H30Cl2N2O5/c1-17(2)36-20-7-4-18(5-8-20)25(32)23-24(19-6-9-21(28)22(29)16-19)31(27(34)26(23)33)11-3-10-30-12-14-35-15-13-30/h4-9,16-17,24,32H,3,10-15H2,1-2H3/b25-23-. The number of halogens is 2. The molecule has 0 aromatic heterocycles. The summed E-state index contributed by atoms with van der Waals surface area (Å²) in [6.45, 7) is 8.03. The van der Waals surface area contributed by atoms with Gasteiger partial charge >= 0.3 is 0 Å². The molecule has 0 bridgehead atoms. The molecule has 0 spiro atoms. The second-order valence-corrected chi connectivity index (χ2v) is 9.98. The first-order chi connectivity index (χ1) is 17.3. The van der Waals surface area contributed by atoms with Crippen LogP contribution in [0.4, 0.5) is 0 Å². The average molecular weight is 533 g/mol. The van der Waals surface area contributed by atoms with Crippen molar-refractivity contribution in [2.24, 2.45) is 0 Å². The summed E-state index contributed by atoms with van der Waals surface area (Å²) >= 11 is 12.4. The monoisotopic (exact) mass is 532 g/mol. The summed E-state index contributed by atoms with van der Waals surface area (Å²) in [5.74, 6) is -0.964. The Morgan fingerprint density at radius 1 is 1.06 bits per heavy atom. The van der Waals surface area contributed by atoms with Gasteiger partial charge in [-0.1, -0.05) is 29.3 Å². The quantitative estimate of drug-likeness (QED) is 0.295. The fourth-order valence-electron chi connectivity index (χ4n) is 4.55. The van der Waals surface area contributed by atoms with Crippen molar-refractivity contribution in [1.29, 1.82) is 0 Å². The average Bonchev–Trinajstić information content (AvgIpc) is 3.11. The molecule has 1 amide bonds. The topological polar surface area (TPSA) is 79.3 Å². The van der Waals surface area contributed by atoms with Crippen LogP contribution in [0.3, 0.4) is 0 Å². The summed E-state index contributed by atoms with van der Waals surface area (Å²) in [6.07, 6.45) is 0.674. The van der Waals surface area contributed by atoms with Crippen LogP contribution in [-0.2, 0) is 14.3 Å². The molecule has 0 radical (unpaired) electrons. The predicted octanol–water partition coefficient (Wildman–Crippen LogP) is 4.92. The lowest BCUT2D eigenvalue weighted by Gasteiger charge is -2.29. The number of morpholine rings is 1. The zero-order chi connectivity index (χ0) is 25.8. The minimum absolute atomic E-state index is 0.00175. The van der Waals surface area contributed by atoms with Crippen LogP contribution in [0.5, 0.6) is 5.75 Å². The zero-order valence-electron chi connectivity index (χ0n) is 20.4. The van der Waals surface area contributed by atoms with Gasteiger partial charge in [0, 0.05) is 31.7 Å². The van der Waals surface area contributed by atoms with E-state index >= 15 is 0 Å². The first-order valence-corrected chi connectivity index (χ1v) is 12.8. The lowest BCUT2D eigenvalue weighted by Crippen LogP contribution is -2.38. The fraction of sp³-hybridized carbons (Fsp3) is 0.407. The van der Waals surface area contributed by atoms with Crippen molar-refractivity contribution in [3.05, 3.63) is 69.2 Å². The van der Waals surface area contributed by atoms with Crippen molar-refractivity contribution in [2.45, 2.75) is 32.4 Å². The molecule has 2 aromatic rings. The predicted molar refractivity (Wildman–Crippen MR) is 140 cm³/mol. The molecule has 2 saturated heterocycles. The maximum absolute atomic E-state index is 13.2. The number of benzene rings is 2. The van der Waals surface area contributed by atoms with Crippen molar-refractivity contribution in [3.8, 4) is 5.75 Å². The third-order valence-electron chi connectivity index (χ3n) is 6.28. The van der Waals surface area contributed by atoms with Crippen LogP contribution in [0.1, 0.15) is 37.4 Å². The van der Waals surface area contributed by atoms with Crippen LogP contribution in [0, 0.1) is 0 Å². The van der Waals surface area contributed by atoms with Crippen LogP contribution >= 0.6 is 23.2 Å². The number of ketones is 1. The number of amides is 1. The van der Waals surface area contributed by atoms with Crippen molar-refractivity contribution in [1.82, 2.24) is 9.80 Å². The Kier molecular flexibility index (Phi) is 8.57. The van der Waals surface area contributed by atoms with E-state index in [0.717, 1.165) is 19.6 Å². The number of aliphatic hydroxyl groups excluding tert-OH is 1. The SMILES string of the molecule is CC(C)Oc1ccc(/C(O)=C2/C(=O)C(=O)N(CCCN3CCOCC3)C2c2ccc(Cl)c(Cl)c2)cc1. The number of hydrogen-bond acceptors (Lipinski definition) is 6. The maximum atomic E-state index is 13.2. The van der Waals surface area contributed by atoms with E-state index in [1.54, 1.807) is 42.5 Å². The van der Waals surface area contributed by atoms with E-state index in [1.165, 1.54) is 4.90 Å². The van der Waals surface area contributed by atoms with Gasteiger partial charge in [-0.15, -0.1) is 0 Å². The van der Waals surface area contributed by atoms with Gasteiger partial charge in [-0.05, 0) is 62.2 Å². The van der Waals surface area contributed by atoms with Gasteiger partial charge in [0.2, 0.25) is 0 Å². The highest BCUT2D eigenvalue weighted by atomic mass is 35.5. The highest BCUT2D eigenvalue weighted by molar-refractivity contribution is 6.46. The lowest BCUT2D eigenvalue weighted by atomic mass is 9.95. The fourth-order valence-corrected chi connectivity index (χ4v) is 4.85. The van der Waals surface area contributed by atoms with E-state index < -0.39 is 17.7 Å². The van der Waals surface area contributed by atoms with Crippen LogP contribution in [0.25, 0.3) is 5.76 Å². The van der Waals surface area contributed by atoms with Gasteiger partial charge in [-0.3, -0.25) is 14.5 Å². The molecule has 2 aromatic carbocycles. The molecular weight excluding hydrogens is 503 g/mol.